The first kappa shape index (κ1) is 25.4. The van der Waals surface area contributed by atoms with Gasteiger partial charge in [0.15, 0.2) is 0 Å². The van der Waals surface area contributed by atoms with Crippen LogP contribution in [0.3, 0.4) is 0 Å². The van der Waals surface area contributed by atoms with Gasteiger partial charge in [0.1, 0.15) is 8.07 Å². The van der Waals surface area contributed by atoms with Gasteiger partial charge in [-0.2, -0.15) is 0 Å². The maximum atomic E-state index is 4.78. The van der Waals surface area contributed by atoms with E-state index in [0.29, 0.717) is 0 Å². The highest BCUT2D eigenvalue weighted by Crippen LogP contribution is 2.59. The second-order valence-corrected chi connectivity index (χ2v) is 15.4. The molecule has 0 spiro atoms. The molecule has 3 heteroatoms. The fourth-order valence-corrected chi connectivity index (χ4v) is 12.2. The van der Waals surface area contributed by atoms with Crippen molar-refractivity contribution in [2.75, 3.05) is 0 Å². The number of benzene rings is 4. The molecule has 0 radical (unpaired) electrons. The van der Waals surface area contributed by atoms with Gasteiger partial charge < -0.3 is 0 Å². The minimum Gasteiger partial charge on any atom is -0.256 e. The highest BCUT2D eigenvalue weighted by molar-refractivity contribution is 7.14. The summed E-state index contributed by atoms with van der Waals surface area (Å²) in [7, 11) is -2.34. The van der Waals surface area contributed by atoms with E-state index < -0.39 is 8.07 Å². The second-order valence-electron chi connectivity index (χ2n) is 10.8. The SMILES string of the molecule is CC[Si]1(CC)C(c2cccc3ncccc23)=C(c2ccccc2)C(c2ccccc2)=C1c1cccc2ncccc12. The van der Waals surface area contributed by atoms with E-state index in [9.17, 15) is 0 Å². The molecule has 198 valence electrons. The number of allylic oxidation sites excluding steroid dienone is 2. The fraction of sp³-hybridized carbons (Fsp3) is 0.105. The van der Waals surface area contributed by atoms with E-state index in [-0.39, 0.29) is 0 Å². The Hall–Kier alpha value is -4.60. The van der Waals surface area contributed by atoms with Crippen molar-refractivity contribution in [3.63, 3.8) is 0 Å². The maximum absolute atomic E-state index is 4.78. The summed E-state index contributed by atoms with van der Waals surface area (Å²) in [5.74, 6) is 0. The monoisotopic (exact) mass is 544 g/mol. The van der Waals surface area contributed by atoms with Crippen molar-refractivity contribution in [3.8, 4) is 0 Å². The molecule has 0 unspecified atom stereocenters. The molecule has 0 N–H and O–H groups in total. The molecule has 6 aromatic rings. The summed E-state index contributed by atoms with van der Waals surface area (Å²) in [4.78, 5) is 9.55. The first-order valence-electron chi connectivity index (χ1n) is 14.6. The number of aromatic nitrogens is 2. The van der Waals surface area contributed by atoms with Gasteiger partial charge in [0.05, 0.1) is 11.0 Å². The number of rotatable bonds is 6. The molecule has 0 amide bonds. The third-order valence-electron chi connectivity index (χ3n) is 8.87. The first-order valence-corrected chi connectivity index (χ1v) is 17.0. The van der Waals surface area contributed by atoms with Crippen LogP contribution in [-0.4, -0.2) is 18.0 Å². The lowest BCUT2D eigenvalue weighted by molar-refractivity contribution is 1.30. The first-order chi connectivity index (χ1) is 20.3. The van der Waals surface area contributed by atoms with E-state index in [1.807, 2.05) is 12.4 Å². The largest absolute Gasteiger partial charge is 0.256 e. The molecule has 2 nitrogen and oxygen atoms in total. The molecule has 0 saturated heterocycles. The Kier molecular flexibility index (Phi) is 6.45. The van der Waals surface area contributed by atoms with Gasteiger partial charge in [-0.25, -0.2) is 0 Å². The summed E-state index contributed by atoms with van der Waals surface area (Å²) in [6, 6.07) is 46.3. The molecule has 1 aliphatic rings. The van der Waals surface area contributed by atoms with E-state index in [2.05, 4.69) is 135 Å². The molecule has 0 saturated carbocycles. The normalized spacial score (nSPS) is 14.8. The van der Waals surface area contributed by atoms with Crippen molar-refractivity contribution in [1.82, 2.24) is 9.97 Å². The lowest BCUT2D eigenvalue weighted by Crippen LogP contribution is -2.35. The van der Waals surface area contributed by atoms with Crippen LogP contribution in [-0.2, 0) is 0 Å². The van der Waals surface area contributed by atoms with E-state index in [4.69, 9.17) is 9.97 Å². The minimum absolute atomic E-state index is 1.05. The summed E-state index contributed by atoms with van der Waals surface area (Å²) < 4.78 is 0. The summed E-state index contributed by atoms with van der Waals surface area (Å²) >= 11 is 0. The third kappa shape index (κ3) is 4.00. The quantitative estimate of drug-likeness (QED) is 0.195. The zero-order valence-corrected chi connectivity index (χ0v) is 24.5. The van der Waals surface area contributed by atoms with E-state index in [0.717, 1.165) is 23.1 Å². The van der Waals surface area contributed by atoms with Crippen LogP contribution in [0.5, 0.6) is 0 Å². The maximum Gasteiger partial charge on any atom is 0.120 e. The van der Waals surface area contributed by atoms with Gasteiger partial charge in [-0.05, 0) is 68.1 Å². The van der Waals surface area contributed by atoms with E-state index >= 15 is 0 Å². The van der Waals surface area contributed by atoms with Crippen LogP contribution in [0.1, 0.15) is 36.1 Å². The number of hydrogen-bond donors (Lipinski definition) is 0. The van der Waals surface area contributed by atoms with Crippen LogP contribution >= 0.6 is 0 Å². The Bertz CT molecular complexity index is 1800. The molecule has 0 aliphatic carbocycles. The number of nitrogens with zero attached hydrogens (tertiary/aromatic N) is 2. The van der Waals surface area contributed by atoms with Crippen LogP contribution in [0, 0.1) is 0 Å². The van der Waals surface area contributed by atoms with Gasteiger partial charge in [0.2, 0.25) is 0 Å². The lowest BCUT2D eigenvalue weighted by Gasteiger charge is -2.33. The van der Waals surface area contributed by atoms with Crippen molar-refractivity contribution >= 4 is 51.4 Å². The summed E-state index contributed by atoms with van der Waals surface area (Å²) in [5.41, 5.74) is 10.0. The van der Waals surface area contributed by atoms with Crippen molar-refractivity contribution in [1.29, 1.82) is 0 Å². The number of pyridine rings is 2. The average molecular weight is 545 g/mol. The highest BCUT2D eigenvalue weighted by atomic mass is 28.3. The Labute approximate surface area is 242 Å². The molecular formula is C38H32N2Si. The van der Waals surface area contributed by atoms with Gasteiger partial charge in [0.25, 0.3) is 0 Å². The average Bonchev–Trinajstić information content (AvgIpc) is 3.36. The Morgan fingerprint density at radius 1 is 0.463 bits per heavy atom. The molecule has 7 rings (SSSR count). The van der Waals surface area contributed by atoms with Gasteiger partial charge in [-0.3, -0.25) is 9.97 Å². The van der Waals surface area contributed by atoms with Gasteiger partial charge in [-0.15, -0.1) is 0 Å². The van der Waals surface area contributed by atoms with Gasteiger partial charge in [-0.1, -0.05) is 123 Å². The van der Waals surface area contributed by atoms with Crippen molar-refractivity contribution < 1.29 is 0 Å². The molecule has 3 heterocycles. The Morgan fingerprint density at radius 2 is 0.902 bits per heavy atom. The van der Waals surface area contributed by atoms with Crippen LogP contribution in [0.4, 0.5) is 0 Å². The highest BCUT2D eigenvalue weighted by Gasteiger charge is 2.48. The van der Waals surface area contributed by atoms with Crippen LogP contribution in [0.15, 0.2) is 134 Å². The molecule has 1 aliphatic heterocycles. The second kappa shape index (κ2) is 10.4. The smallest absolute Gasteiger partial charge is 0.120 e. The predicted molar refractivity (Wildman–Crippen MR) is 177 cm³/mol. The van der Waals surface area contributed by atoms with E-state index in [1.54, 1.807) is 0 Å². The zero-order valence-electron chi connectivity index (χ0n) is 23.5. The van der Waals surface area contributed by atoms with Crippen molar-refractivity contribution in [2.45, 2.75) is 25.9 Å². The lowest BCUT2D eigenvalue weighted by atomic mass is 9.88. The topological polar surface area (TPSA) is 25.8 Å². The minimum atomic E-state index is -2.34. The Morgan fingerprint density at radius 3 is 1.32 bits per heavy atom. The summed E-state index contributed by atoms with van der Waals surface area (Å²) in [6.45, 7) is 4.83. The fourth-order valence-electron chi connectivity index (χ4n) is 7.03. The molecule has 41 heavy (non-hydrogen) atoms. The van der Waals surface area contributed by atoms with Crippen molar-refractivity contribution in [3.05, 3.63) is 156 Å². The Balaban J connectivity index is 1.70. The molecule has 0 fully saturated rings. The van der Waals surface area contributed by atoms with Gasteiger partial charge in [0, 0.05) is 23.2 Å². The predicted octanol–water partition coefficient (Wildman–Crippen LogP) is 9.89. The molecule has 4 aromatic carbocycles. The zero-order chi connectivity index (χ0) is 27.8. The van der Waals surface area contributed by atoms with Crippen LogP contribution < -0.4 is 0 Å². The summed E-state index contributed by atoms with van der Waals surface area (Å²) in [6.07, 6.45) is 3.81. The molecular weight excluding hydrogens is 513 g/mol. The third-order valence-corrected chi connectivity index (χ3v) is 14.2. The number of hydrogen-bond acceptors (Lipinski definition) is 2. The van der Waals surface area contributed by atoms with Crippen LogP contribution in [0.25, 0.3) is 43.3 Å². The molecule has 0 atom stereocenters. The molecule has 2 aromatic heterocycles. The summed E-state index contributed by atoms with van der Waals surface area (Å²) in [5, 5.41) is 5.51. The number of fused-ring (bicyclic) bond motifs is 2. The van der Waals surface area contributed by atoms with Gasteiger partial charge >= 0.3 is 0 Å². The molecule has 0 bridgehead atoms. The van der Waals surface area contributed by atoms with Crippen molar-refractivity contribution in [2.24, 2.45) is 0 Å². The van der Waals surface area contributed by atoms with Crippen LogP contribution in [0.2, 0.25) is 12.1 Å². The van der Waals surface area contributed by atoms with E-state index in [1.165, 1.54) is 54.6 Å². The standard InChI is InChI=1S/C38H32N2Si/c1-3-41(4-2)37(31-19-11-23-33-29(31)21-13-25-39-33)35(27-15-7-5-8-16-27)36(28-17-9-6-10-18-28)38(41)32-20-12-24-34-30(32)22-14-26-40-34/h5-26H,3-4H2,1-2H3.